The molecule has 3 nitrogen and oxygen atoms in total. The summed E-state index contributed by atoms with van der Waals surface area (Å²) in [5.74, 6) is -0.162. The molecular weight excluding hydrogens is 335 g/mol. The maximum Gasteiger partial charge on any atom is 0.501 e. The van der Waals surface area contributed by atoms with Crippen molar-refractivity contribution in [3.8, 4) is 0 Å². The second-order valence-corrected chi connectivity index (χ2v) is 9.95. The molecule has 0 bridgehead atoms. The van der Waals surface area contributed by atoms with Crippen LogP contribution in [0.3, 0.4) is 0 Å². The van der Waals surface area contributed by atoms with Gasteiger partial charge in [-0.2, -0.15) is 0 Å². The summed E-state index contributed by atoms with van der Waals surface area (Å²) < 4.78 is 31.8. The Balaban J connectivity index is 2.55. The van der Waals surface area contributed by atoms with E-state index in [1.807, 2.05) is 47.6 Å². The summed E-state index contributed by atoms with van der Waals surface area (Å²) in [4.78, 5) is 0. The lowest BCUT2D eigenvalue weighted by molar-refractivity contribution is 0.00279. The van der Waals surface area contributed by atoms with Gasteiger partial charge in [0, 0.05) is 24.4 Å². The first kappa shape index (κ1) is 22.3. The molecule has 144 valence electrons. The fraction of sp³-hybridized carbons (Fsp3) is 0.700. The van der Waals surface area contributed by atoms with Crippen LogP contribution >= 0.6 is 0 Å². The second kappa shape index (κ2) is 11.1. The van der Waals surface area contributed by atoms with Crippen LogP contribution < -0.4 is 0 Å². The van der Waals surface area contributed by atoms with Crippen molar-refractivity contribution >= 4 is 8.80 Å². The monoisotopic (exact) mass is 370 g/mol. The molecule has 0 N–H and O–H groups in total. The van der Waals surface area contributed by atoms with E-state index in [2.05, 4.69) is 0 Å². The third-order valence-corrected chi connectivity index (χ3v) is 7.04. The van der Waals surface area contributed by atoms with Gasteiger partial charge in [0.2, 0.25) is 0 Å². The zero-order valence-electron chi connectivity index (χ0n) is 16.7. The Hall–Kier alpha value is -0.753. The maximum atomic E-state index is 13.2. The topological polar surface area (TPSA) is 27.7 Å². The van der Waals surface area contributed by atoms with Crippen LogP contribution in [0.5, 0.6) is 0 Å². The van der Waals surface area contributed by atoms with Crippen LogP contribution in [0.25, 0.3) is 0 Å². The van der Waals surface area contributed by atoms with E-state index in [1.54, 1.807) is 12.1 Å². The molecule has 0 radical (unpaired) electrons. The summed E-state index contributed by atoms with van der Waals surface area (Å²) in [6, 6.07) is 7.67. The van der Waals surface area contributed by atoms with Gasteiger partial charge in [-0.15, -0.1) is 0 Å². The summed E-state index contributed by atoms with van der Waals surface area (Å²) in [5, 5.41) is 0. The summed E-state index contributed by atoms with van der Waals surface area (Å²) in [5.41, 5.74) is 1.05. The predicted octanol–water partition coefficient (Wildman–Crippen LogP) is 5.75. The van der Waals surface area contributed by atoms with E-state index in [1.165, 1.54) is 6.07 Å². The molecule has 25 heavy (non-hydrogen) atoms. The molecule has 5 heteroatoms. The van der Waals surface area contributed by atoms with Gasteiger partial charge in [-0.25, -0.2) is 4.39 Å². The number of hydrogen-bond donors (Lipinski definition) is 0. The lowest BCUT2D eigenvalue weighted by atomic mass is 10.1. The molecule has 0 saturated carbocycles. The van der Waals surface area contributed by atoms with Gasteiger partial charge < -0.3 is 13.3 Å². The van der Waals surface area contributed by atoms with Gasteiger partial charge >= 0.3 is 8.80 Å². The number of halogens is 1. The first-order valence-electron chi connectivity index (χ1n) is 9.50. The molecule has 0 unspecified atom stereocenters. The molecule has 0 atom stereocenters. The van der Waals surface area contributed by atoms with Crippen molar-refractivity contribution in [3.63, 3.8) is 0 Å². The lowest BCUT2D eigenvalue weighted by Crippen LogP contribution is -2.50. The third kappa shape index (κ3) is 9.49. The van der Waals surface area contributed by atoms with Crippen molar-refractivity contribution in [1.82, 2.24) is 0 Å². The molecular formula is C20H35FO3Si. The van der Waals surface area contributed by atoms with E-state index in [9.17, 15) is 4.39 Å². The highest BCUT2D eigenvalue weighted by Gasteiger charge is 2.43. The van der Waals surface area contributed by atoms with Gasteiger partial charge in [0.15, 0.2) is 0 Å². The normalized spacial score (nSPS) is 12.6. The van der Waals surface area contributed by atoms with Crippen molar-refractivity contribution in [2.75, 3.05) is 0 Å². The Bertz CT molecular complexity index is 465. The fourth-order valence-electron chi connectivity index (χ4n) is 2.88. The summed E-state index contributed by atoms with van der Waals surface area (Å²) >= 11 is 0. The number of hydrogen-bond acceptors (Lipinski definition) is 3. The minimum Gasteiger partial charge on any atom is -0.371 e. The first-order valence-corrected chi connectivity index (χ1v) is 11.4. The van der Waals surface area contributed by atoms with E-state index in [4.69, 9.17) is 13.3 Å². The van der Waals surface area contributed by atoms with Crippen molar-refractivity contribution in [2.45, 2.75) is 91.6 Å². The smallest absolute Gasteiger partial charge is 0.371 e. The van der Waals surface area contributed by atoms with Crippen LogP contribution in [0.4, 0.5) is 4.39 Å². The quantitative estimate of drug-likeness (QED) is 0.346. The number of benzene rings is 1. The van der Waals surface area contributed by atoms with Gasteiger partial charge in [-0.3, -0.25) is 0 Å². The molecule has 0 aliphatic rings. The average molecular weight is 371 g/mol. The minimum absolute atomic E-state index is 0.0801. The maximum absolute atomic E-state index is 13.2. The zero-order valence-corrected chi connectivity index (χ0v) is 17.7. The molecule has 0 aromatic heterocycles. The second-order valence-electron chi connectivity index (χ2n) is 7.37. The number of unbranched alkanes of at least 4 members (excludes halogenated alkanes) is 2. The van der Waals surface area contributed by atoms with Crippen molar-refractivity contribution in [1.29, 1.82) is 0 Å². The molecule has 0 spiro atoms. The highest BCUT2D eigenvalue weighted by molar-refractivity contribution is 6.60. The van der Waals surface area contributed by atoms with Crippen molar-refractivity contribution in [2.24, 2.45) is 0 Å². The Labute approximate surface area is 154 Å². The fourth-order valence-corrected chi connectivity index (χ4v) is 6.24. The largest absolute Gasteiger partial charge is 0.501 e. The highest BCUT2D eigenvalue weighted by Crippen LogP contribution is 2.25. The van der Waals surface area contributed by atoms with Crippen LogP contribution in [0.1, 0.15) is 66.4 Å². The van der Waals surface area contributed by atoms with Crippen LogP contribution in [0.2, 0.25) is 6.04 Å². The molecule has 0 heterocycles. The van der Waals surface area contributed by atoms with Crippen LogP contribution in [-0.2, 0) is 19.7 Å². The average Bonchev–Trinajstić information content (AvgIpc) is 2.44. The predicted molar refractivity (Wildman–Crippen MR) is 103 cm³/mol. The van der Waals surface area contributed by atoms with E-state index in [0.717, 1.165) is 37.3 Å². The van der Waals surface area contributed by atoms with Gasteiger partial charge in [0.1, 0.15) is 5.82 Å². The highest BCUT2D eigenvalue weighted by atomic mass is 28.4. The first-order chi connectivity index (χ1) is 11.7. The summed E-state index contributed by atoms with van der Waals surface area (Å²) in [6.07, 6.45) is 4.21. The lowest BCUT2D eigenvalue weighted by Gasteiger charge is -2.34. The minimum atomic E-state index is -2.68. The molecule has 1 rings (SSSR count). The van der Waals surface area contributed by atoms with E-state index >= 15 is 0 Å². The van der Waals surface area contributed by atoms with Crippen LogP contribution in [0, 0.1) is 5.82 Å². The molecule has 0 saturated heterocycles. The standard InChI is InChI=1S/C20H35FO3Si/c1-16(2)22-25(23-17(3)4,24-18(5)6)14-9-7-8-11-19-12-10-13-20(21)15-19/h10,12-13,15-18H,7-9,11,14H2,1-6H3. The zero-order chi connectivity index (χ0) is 18.9. The number of rotatable bonds is 12. The third-order valence-electron chi connectivity index (χ3n) is 3.58. The number of aryl methyl sites for hydroxylation is 1. The van der Waals surface area contributed by atoms with Crippen LogP contribution in [0.15, 0.2) is 24.3 Å². The Morgan fingerprint density at radius 1 is 0.840 bits per heavy atom. The molecule has 0 aliphatic heterocycles. The van der Waals surface area contributed by atoms with Gasteiger partial charge in [-0.05, 0) is 78.5 Å². The SMILES string of the molecule is CC(C)O[Si](CCCCCc1cccc(F)c1)(OC(C)C)OC(C)C. The summed E-state index contributed by atoms with van der Waals surface area (Å²) in [6.45, 7) is 12.2. The van der Waals surface area contributed by atoms with E-state index in [-0.39, 0.29) is 24.1 Å². The Kier molecular flexibility index (Phi) is 9.86. The Morgan fingerprint density at radius 3 is 1.88 bits per heavy atom. The van der Waals surface area contributed by atoms with Crippen molar-refractivity contribution in [3.05, 3.63) is 35.6 Å². The molecule has 1 aromatic carbocycles. The molecule has 0 aliphatic carbocycles. The summed E-state index contributed by atoms with van der Waals surface area (Å²) in [7, 11) is -2.68. The van der Waals surface area contributed by atoms with Gasteiger partial charge in [0.25, 0.3) is 0 Å². The molecule has 1 aromatic rings. The van der Waals surface area contributed by atoms with Crippen molar-refractivity contribution < 1.29 is 17.7 Å². The Morgan fingerprint density at radius 2 is 1.40 bits per heavy atom. The van der Waals surface area contributed by atoms with Gasteiger partial charge in [0.05, 0.1) is 0 Å². The van der Waals surface area contributed by atoms with E-state index in [0.29, 0.717) is 0 Å². The van der Waals surface area contributed by atoms with Crippen LogP contribution in [-0.4, -0.2) is 27.1 Å². The van der Waals surface area contributed by atoms with E-state index < -0.39 is 8.80 Å². The van der Waals surface area contributed by atoms with Gasteiger partial charge in [-0.1, -0.05) is 18.6 Å². The molecule has 0 fully saturated rings. The molecule has 0 amide bonds.